The third-order valence-electron chi connectivity index (χ3n) is 5.13. The van der Waals surface area contributed by atoms with E-state index in [-0.39, 0.29) is 0 Å². The molecule has 0 aliphatic carbocycles. The number of piperazine rings is 1. The van der Waals surface area contributed by atoms with Crippen molar-refractivity contribution in [3.05, 3.63) is 54.1 Å². The van der Waals surface area contributed by atoms with E-state index in [1.54, 1.807) is 34.8 Å². The zero-order valence-corrected chi connectivity index (χ0v) is 17.2. The molecule has 1 fully saturated rings. The van der Waals surface area contributed by atoms with Crippen molar-refractivity contribution in [3.63, 3.8) is 0 Å². The molecule has 0 amide bonds. The Morgan fingerprint density at radius 3 is 2.52 bits per heavy atom. The second-order valence-corrected chi connectivity index (χ2v) is 9.14. The molecule has 3 aromatic rings. The van der Waals surface area contributed by atoms with Crippen molar-refractivity contribution in [2.75, 3.05) is 26.2 Å². The van der Waals surface area contributed by atoms with Crippen molar-refractivity contribution in [1.29, 1.82) is 0 Å². The van der Waals surface area contributed by atoms with Gasteiger partial charge in [0.25, 0.3) is 11.8 Å². The van der Waals surface area contributed by atoms with Crippen molar-refractivity contribution in [2.45, 2.75) is 31.2 Å². The van der Waals surface area contributed by atoms with Gasteiger partial charge in [-0.25, -0.2) is 8.42 Å². The molecule has 29 heavy (non-hydrogen) atoms. The normalized spacial score (nSPS) is 16.3. The molecule has 0 radical (unpaired) electrons. The van der Waals surface area contributed by atoms with E-state index >= 15 is 0 Å². The summed E-state index contributed by atoms with van der Waals surface area (Å²) in [6.45, 7) is 4.98. The molecule has 0 unspecified atom stereocenters. The molecule has 1 saturated heterocycles. The molecule has 4 rings (SSSR count). The maximum Gasteiger partial charge on any atom is 0.283 e. The van der Waals surface area contributed by atoms with E-state index in [0.717, 1.165) is 18.4 Å². The second kappa shape index (κ2) is 8.48. The first kappa shape index (κ1) is 19.8. The quantitative estimate of drug-likeness (QED) is 0.624. The number of benzene rings is 1. The third kappa shape index (κ3) is 4.42. The lowest BCUT2D eigenvalue weighted by molar-refractivity contribution is -0.918. The maximum atomic E-state index is 12.9. The van der Waals surface area contributed by atoms with Crippen LogP contribution in [0.4, 0.5) is 0 Å². The monoisotopic (exact) mass is 417 g/mol. The average molecular weight is 418 g/mol. The summed E-state index contributed by atoms with van der Waals surface area (Å²) in [5, 5.41) is 8.08. The summed E-state index contributed by atoms with van der Waals surface area (Å²) in [4.78, 5) is 1.57. The largest absolute Gasteiger partial charge is 0.459 e. The number of quaternary nitrogens is 1. The van der Waals surface area contributed by atoms with Crippen molar-refractivity contribution >= 4 is 10.0 Å². The van der Waals surface area contributed by atoms with Crippen LogP contribution in [0.15, 0.2) is 56.4 Å². The van der Waals surface area contributed by atoms with E-state index in [1.807, 2.05) is 12.1 Å². The first-order valence-electron chi connectivity index (χ1n) is 9.85. The van der Waals surface area contributed by atoms with E-state index in [4.69, 9.17) is 8.83 Å². The van der Waals surface area contributed by atoms with Gasteiger partial charge in [0.15, 0.2) is 12.3 Å². The minimum Gasteiger partial charge on any atom is -0.459 e. The van der Waals surface area contributed by atoms with E-state index in [9.17, 15) is 8.42 Å². The Kier molecular flexibility index (Phi) is 5.79. The first-order valence-corrected chi connectivity index (χ1v) is 11.3. The van der Waals surface area contributed by atoms with Crippen LogP contribution in [-0.4, -0.2) is 49.1 Å². The molecule has 0 saturated carbocycles. The summed E-state index contributed by atoms with van der Waals surface area (Å²) in [5.74, 6) is 1.42. The molecule has 3 heterocycles. The zero-order valence-electron chi connectivity index (χ0n) is 16.4. The molecule has 0 atom stereocenters. The highest BCUT2D eigenvalue weighted by Crippen LogP contribution is 2.18. The van der Waals surface area contributed by atoms with Crippen LogP contribution < -0.4 is 4.90 Å². The number of hydrogen-bond donors (Lipinski definition) is 1. The SMILES string of the molecule is CCCc1ccc(S(=O)(=O)N2CC[NH+](Cc3nnc(-c4ccco4)o3)CC2)cc1. The maximum absolute atomic E-state index is 12.9. The van der Waals surface area contributed by atoms with Gasteiger partial charge in [-0.1, -0.05) is 25.5 Å². The number of sulfonamides is 1. The lowest BCUT2D eigenvalue weighted by Crippen LogP contribution is -3.13. The molecule has 1 aliphatic rings. The fraction of sp³-hybridized carbons (Fsp3) is 0.400. The van der Waals surface area contributed by atoms with E-state index in [0.29, 0.717) is 55.2 Å². The summed E-state index contributed by atoms with van der Waals surface area (Å²) < 4.78 is 38.3. The lowest BCUT2D eigenvalue weighted by Gasteiger charge is -2.30. The van der Waals surface area contributed by atoms with Gasteiger partial charge in [0.1, 0.15) is 0 Å². The summed E-state index contributed by atoms with van der Waals surface area (Å²) >= 11 is 0. The Bertz CT molecular complexity index is 1020. The zero-order chi connectivity index (χ0) is 20.3. The topological polar surface area (TPSA) is 93.9 Å². The Hall–Kier alpha value is -2.49. The highest BCUT2D eigenvalue weighted by molar-refractivity contribution is 7.89. The predicted octanol–water partition coefficient (Wildman–Crippen LogP) is 1.37. The number of aromatic nitrogens is 2. The van der Waals surface area contributed by atoms with E-state index < -0.39 is 10.0 Å². The Labute approximate surface area is 170 Å². The number of rotatable bonds is 7. The smallest absolute Gasteiger partial charge is 0.283 e. The third-order valence-corrected chi connectivity index (χ3v) is 7.04. The summed E-state index contributed by atoms with van der Waals surface area (Å²) in [7, 11) is -3.46. The number of hydrogen-bond acceptors (Lipinski definition) is 6. The molecular weight excluding hydrogens is 392 g/mol. The number of nitrogens with one attached hydrogen (secondary N) is 1. The Morgan fingerprint density at radius 2 is 1.86 bits per heavy atom. The average Bonchev–Trinajstić information content (AvgIpc) is 3.41. The van der Waals surface area contributed by atoms with Crippen molar-refractivity contribution in [1.82, 2.24) is 14.5 Å². The minimum absolute atomic E-state index is 0.358. The van der Waals surface area contributed by atoms with Crippen LogP contribution >= 0.6 is 0 Å². The molecule has 1 aliphatic heterocycles. The van der Waals surface area contributed by atoms with Gasteiger partial charge < -0.3 is 13.7 Å². The summed E-state index contributed by atoms with van der Waals surface area (Å²) in [6.07, 6.45) is 3.56. The van der Waals surface area contributed by atoms with Gasteiger partial charge in [-0.15, -0.1) is 10.2 Å². The molecular formula is C20H25N4O4S+. The first-order chi connectivity index (χ1) is 14.1. The van der Waals surface area contributed by atoms with Crippen molar-refractivity contribution < 1.29 is 22.2 Å². The molecule has 8 nitrogen and oxygen atoms in total. The number of furan rings is 1. The minimum atomic E-state index is -3.46. The number of aryl methyl sites for hydroxylation is 1. The fourth-order valence-corrected chi connectivity index (χ4v) is 4.97. The molecule has 154 valence electrons. The molecule has 1 aromatic carbocycles. The highest BCUT2D eigenvalue weighted by atomic mass is 32.2. The second-order valence-electron chi connectivity index (χ2n) is 7.20. The van der Waals surface area contributed by atoms with Crippen LogP contribution in [0.1, 0.15) is 24.8 Å². The van der Waals surface area contributed by atoms with Crippen molar-refractivity contribution in [3.8, 4) is 11.7 Å². The van der Waals surface area contributed by atoms with Crippen LogP contribution in [0.2, 0.25) is 0 Å². The van der Waals surface area contributed by atoms with Gasteiger partial charge in [-0.05, 0) is 36.2 Å². The highest BCUT2D eigenvalue weighted by Gasteiger charge is 2.31. The van der Waals surface area contributed by atoms with Crippen LogP contribution in [-0.2, 0) is 23.0 Å². The van der Waals surface area contributed by atoms with Gasteiger partial charge in [0.2, 0.25) is 10.0 Å². The van der Waals surface area contributed by atoms with Gasteiger partial charge in [0.05, 0.1) is 37.3 Å². The van der Waals surface area contributed by atoms with Crippen LogP contribution in [0, 0.1) is 0 Å². The number of nitrogens with zero attached hydrogens (tertiary/aromatic N) is 3. The molecule has 2 aromatic heterocycles. The molecule has 1 N–H and O–H groups in total. The van der Waals surface area contributed by atoms with Crippen LogP contribution in [0.25, 0.3) is 11.7 Å². The van der Waals surface area contributed by atoms with Crippen LogP contribution in [0.3, 0.4) is 0 Å². The van der Waals surface area contributed by atoms with Crippen molar-refractivity contribution in [2.24, 2.45) is 0 Å². The Balaban J connectivity index is 1.35. The molecule has 9 heteroatoms. The summed E-state index contributed by atoms with van der Waals surface area (Å²) in [6, 6.07) is 10.8. The molecule has 0 bridgehead atoms. The van der Waals surface area contributed by atoms with Gasteiger partial charge in [-0.2, -0.15) is 4.31 Å². The fourth-order valence-electron chi connectivity index (χ4n) is 3.52. The standard InChI is InChI=1S/C20H24N4O4S/c1-2-4-16-6-8-17(9-7-16)29(25,26)24-12-10-23(11-13-24)15-19-21-22-20(28-19)18-5-3-14-27-18/h3,5-9,14H,2,4,10-13,15H2,1H3/p+1. The van der Waals surface area contributed by atoms with Crippen LogP contribution in [0.5, 0.6) is 0 Å². The Morgan fingerprint density at radius 1 is 1.10 bits per heavy atom. The lowest BCUT2D eigenvalue weighted by atomic mass is 10.1. The van der Waals surface area contributed by atoms with Gasteiger partial charge in [-0.3, -0.25) is 0 Å². The van der Waals surface area contributed by atoms with E-state index in [1.165, 1.54) is 4.90 Å². The molecule has 0 spiro atoms. The van der Waals surface area contributed by atoms with Gasteiger partial charge in [0, 0.05) is 0 Å². The van der Waals surface area contributed by atoms with E-state index in [2.05, 4.69) is 17.1 Å². The van der Waals surface area contributed by atoms with Gasteiger partial charge >= 0.3 is 0 Å². The summed E-state index contributed by atoms with van der Waals surface area (Å²) in [5.41, 5.74) is 1.16. The predicted molar refractivity (Wildman–Crippen MR) is 106 cm³/mol.